The van der Waals surface area contributed by atoms with Crippen LogP contribution in [0.15, 0.2) is 51.2 Å². The highest BCUT2D eigenvalue weighted by atomic mass is 32.1. The number of nitrogens with one attached hydrogen (secondary N) is 1. The molecule has 0 fully saturated rings. The number of amides is 2. The number of furan rings is 1. The Morgan fingerprint density at radius 1 is 1.18 bits per heavy atom. The molecule has 1 unspecified atom stereocenters. The Labute approximate surface area is 200 Å². The summed E-state index contributed by atoms with van der Waals surface area (Å²) < 4.78 is 5.36. The number of hydrogen-bond donors (Lipinski definition) is 1. The number of rotatable bonds is 9. The Morgan fingerprint density at radius 2 is 2.03 bits per heavy atom. The SMILES string of the molecule is Cc1nc(CN(CC(C)C)C(=O)C(Cc2cscn2)NC(=O)c2ccc3occc3c2)cs1. The molecule has 0 saturated carbocycles. The van der Waals surface area contributed by atoms with E-state index in [4.69, 9.17) is 4.42 Å². The minimum absolute atomic E-state index is 0.139. The van der Waals surface area contributed by atoms with Crippen LogP contribution in [-0.4, -0.2) is 39.3 Å². The molecular formula is C24H26N4O3S2. The first-order chi connectivity index (χ1) is 15.9. The molecule has 1 aromatic carbocycles. The summed E-state index contributed by atoms with van der Waals surface area (Å²) in [5.74, 6) is -0.173. The van der Waals surface area contributed by atoms with Gasteiger partial charge in [-0.3, -0.25) is 9.59 Å². The van der Waals surface area contributed by atoms with Gasteiger partial charge in [0.1, 0.15) is 11.6 Å². The summed E-state index contributed by atoms with van der Waals surface area (Å²) in [6, 6.07) is 6.30. The summed E-state index contributed by atoms with van der Waals surface area (Å²) in [5, 5.41) is 8.64. The highest BCUT2D eigenvalue weighted by Gasteiger charge is 2.28. The van der Waals surface area contributed by atoms with Gasteiger partial charge in [0.15, 0.2) is 0 Å². The maximum Gasteiger partial charge on any atom is 0.251 e. The van der Waals surface area contributed by atoms with Crippen LogP contribution in [0.1, 0.15) is 40.6 Å². The van der Waals surface area contributed by atoms with Crippen molar-refractivity contribution in [3.8, 4) is 0 Å². The molecule has 1 atom stereocenters. The second-order valence-electron chi connectivity index (χ2n) is 8.35. The number of benzene rings is 1. The molecule has 33 heavy (non-hydrogen) atoms. The molecule has 4 aromatic rings. The zero-order valence-corrected chi connectivity index (χ0v) is 20.4. The lowest BCUT2D eigenvalue weighted by Crippen LogP contribution is -2.50. The summed E-state index contributed by atoms with van der Waals surface area (Å²) in [6.07, 6.45) is 1.91. The number of aryl methyl sites for hydroxylation is 1. The van der Waals surface area contributed by atoms with Gasteiger partial charge in [-0.15, -0.1) is 22.7 Å². The summed E-state index contributed by atoms with van der Waals surface area (Å²) in [4.78, 5) is 37.5. The van der Waals surface area contributed by atoms with Crippen molar-refractivity contribution in [2.75, 3.05) is 6.54 Å². The molecule has 1 N–H and O–H groups in total. The summed E-state index contributed by atoms with van der Waals surface area (Å²) in [7, 11) is 0. The average Bonchev–Trinajstić information content (AvgIpc) is 3.53. The van der Waals surface area contributed by atoms with Gasteiger partial charge in [0.25, 0.3) is 5.91 Å². The molecule has 0 aliphatic heterocycles. The summed E-state index contributed by atoms with van der Waals surface area (Å²) in [6.45, 7) is 7.07. The number of carbonyl (C=O) groups excluding carboxylic acids is 2. The standard InChI is InChI=1S/C24H26N4O3S2/c1-15(2)10-28(11-20-13-33-16(3)26-20)24(30)21(9-19-12-32-14-25-19)27-23(29)18-4-5-22-17(8-18)6-7-31-22/h4-8,12-15,21H,9-11H2,1-3H3,(H,27,29). The number of aromatic nitrogens is 2. The number of hydrogen-bond acceptors (Lipinski definition) is 7. The van der Waals surface area contributed by atoms with Crippen molar-refractivity contribution in [1.82, 2.24) is 20.2 Å². The lowest BCUT2D eigenvalue weighted by Gasteiger charge is -2.28. The maximum atomic E-state index is 13.7. The van der Waals surface area contributed by atoms with Crippen LogP contribution in [0.4, 0.5) is 0 Å². The fraction of sp³-hybridized carbons (Fsp3) is 0.333. The minimum Gasteiger partial charge on any atom is -0.464 e. The largest absolute Gasteiger partial charge is 0.464 e. The molecular weight excluding hydrogens is 456 g/mol. The molecule has 0 aliphatic rings. The molecule has 0 radical (unpaired) electrons. The fourth-order valence-corrected chi connectivity index (χ4v) is 4.84. The van der Waals surface area contributed by atoms with Crippen LogP contribution in [0.25, 0.3) is 11.0 Å². The van der Waals surface area contributed by atoms with E-state index in [2.05, 4.69) is 29.1 Å². The Kier molecular flexibility index (Phi) is 7.20. The maximum absolute atomic E-state index is 13.7. The fourth-order valence-electron chi connectivity index (χ4n) is 3.67. The second kappa shape index (κ2) is 10.3. The third-order valence-electron chi connectivity index (χ3n) is 5.13. The van der Waals surface area contributed by atoms with E-state index in [-0.39, 0.29) is 17.7 Å². The third-order valence-corrected chi connectivity index (χ3v) is 6.59. The van der Waals surface area contributed by atoms with E-state index in [1.807, 2.05) is 23.8 Å². The predicted molar refractivity (Wildman–Crippen MR) is 130 cm³/mol. The average molecular weight is 483 g/mol. The zero-order valence-electron chi connectivity index (χ0n) is 18.8. The van der Waals surface area contributed by atoms with Crippen LogP contribution in [0.2, 0.25) is 0 Å². The lowest BCUT2D eigenvalue weighted by atomic mass is 10.1. The molecule has 0 saturated heterocycles. The van der Waals surface area contributed by atoms with Crippen LogP contribution in [0.3, 0.4) is 0 Å². The van der Waals surface area contributed by atoms with Crippen molar-refractivity contribution >= 4 is 45.5 Å². The van der Waals surface area contributed by atoms with Crippen molar-refractivity contribution in [2.24, 2.45) is 5.92 Å². The van der Waals surface area contributed by atoms with Crippen LogP contribution in [0.5, 0.6) is 0 Å². The number of fused-ring (bicyclic) bond motifs is 1. The lowest BCUT2D eigenvalue weighted by molar-refractivity contribution is -0.134. The second-order valence-corrected chi connectivity index (χ2v) is 10.1. The Hall–Kier alpha value is -3.04. The summed E-state index contributed by atoms with van der Waals surface area (Å²) >= 11 is 3.03. The Bertz CT molecular complexity index is 1230. The van der Waals surface area contributed by atoms with Gasteiger partial charge in [0.05, 0.1) is 34.7 Å². The molecule has 2 amide bonds. The number of carbonyl (C=O) groups is 2. The van der Waals surface area contributed by atoms with Crippen LogP contribution in [-0.2, 0) is 17.8 Å². The van der Waals surface area contributed by atoms with Gasteiger partial charge in [-0.1, -0.05) is 13.8 Å². The van der Waals surface area contributed by atoms with Crippen molar-refractivity contribution in [3.05, 3.63) is 68.8 Å². The molecule has 0 aliphatic carbocycles. The van der Waals surface area contributed by atoms with Crippen molar-refractivity contribution < 1.29 is 14.0 Å². The van der Waals surface area contributed by atoms with Crippen molar-refractivity contribution in [3.63, 3.8) is 0 Å². The first kappa shape index (κ1) is 23.1. The van der Waals surface area contributed by atoms with Gasteiger partial charge in [-0.25, -0.2) is 9.97 Å². The van der Waals surface area contributed by atoms with Gasteiger partial charge >= 0.3 is 0 Å². The Balaban J connectivity index is 1.58. The quantitative estimate of drug-likeness (QED) is 0.374. The van der Waals surface area contributed by atoms with Crippen molar-refractivity contribution in [2.45, 2.75) is 39.8 Å². The molecule has 0 bridgehead atoms. The van der Waals surface area contributed by atoms with E-state index in [1.165, 1.54) is 11.3 Å². The highest BCUT2D eigenvalue weighted by molar-refractivity contribution is 7.09. The predicted octanol–water partition coefficient (Wildman–Crippen LogP) is 4.68. The Morgan fingerprint density at radius 3 is 2.73 bits per heavy atom. The number of thiazole rings is 2. The molecule has 0 spiro atoms. The van der Waals surface area contributed by atoms with E-state index in [0.717, 1.165) is 21.8 Å². The van der Waals surface area contributed by atoms with Gasteiger partial charge in [0.2, 0.25) is 5.91 Å². The summed E-state index contributed by atoms with van der Waals surface area (Å²) in [5.41, 5.74) is 4.55. The minimum atomic E-state index is -0.738. The van der Waals surface area contributed by atoms with E-state index < -0.39 is 6.04 Å². The van der Waals surface area contributed by atoms with E-state index in [0.29, 0.717) is 30.7 Å². The van der Waals surface area contributed by atoms with Crippen molar-refractivity contribution in [1.29, 1.82) is 0 Å². The monoisotopic (exact) mass is 482 g/mol. The van der Waals surface area contributed by atoms with Gasteiger partial charge in [-0.2, -0.15) is 0 Å². The molecule has 4 rings (SSSR count). The molecule has 7 nitrogen and oxygen atoms in total. The first-order valence-electron chi connectivity index (χ1n) is 10.7. The van der Waals surface area contributed by atoms with E-state index >= 15 is 0 Å². The highest BCUT2D eigenvalue weighted by Crippen LogP contribution is 2.18. The van der Waals surface area contributed by atoms with Gasteiger partial charge in [0, 0.05) is 34.7 Å². The first-order valence-corrected chi connectivity index (χ1v) is 12.6. The third kappa shape index (κ3) is 5.85. The number of nitrogens with zero attached hydrogens (tertiary/aromatic N) is 3. The smallest absolute Gasteiger partial charge is 0.251 e. The van der Waals surface area contributed by atoms with Gasteiger partial charge in [-0.05, 0) is 37.1 Å². The molecule has 172 valence electrons. The van der Waals surface area contributed by atoms with E-state index in [9.17, 15) is 9.59 Å². The normalized spacial score (nSPS) is 12.2. The van der Waals surface area contributed by atoms with Gasteiger partial charge < -0.3 is 14.6 Å². The van der Waals surface area contributed by atoms with E-state index in [1.54, 1.807) is 46.2 Å². The zero-order chi connectivity index (χ0) is 23.4. The van der Waals surface area contributed by atoms with Crippen LogP contribution < -0.4 is 5.32 Å². The van der Waals surface area contributed by atoms with Crippen LogP contribution in [0, 0.1) is 12.8 Å². The molecule has 9 heteroatoms. The van der Waals surface area contributed by atoms with Crippen LogP contribution >= 0.6 is 22.7 Å². The topological polar surface area (TPSA) is 88.3 Å². The molecule has 3 aromatic heterocycles. The molecule has 3 heterocycles.